The average molecular weight is 367 g/mol. The molecule has 3 rings (SSSR count). The van der Waals surface area contributed by atoms with Gasteiger partial charge >= 0.3 is 0 Å². The zero-order valence-electron chi connectivity index (χ0n) is 15.3. The number of ether oxygens (including phenoxy) is 1. The third-order valence-corrected chi connectivity index (χ3v) is 4.62. The van der Waals surface area contributed by atoms with Crippen LogP contribution in [-0.4, -0.2) is 23.5 Å². The molecule has 0 bridgehead atoms. The summed E-state index contributed by atoms with van der Waals surface area (Å²) in [5.74, 6) is 0.336. The van der Waals surface area contributed by atoms with Gasteiger partial charge in [-0.05, 0) is 42.7 Å². The maximum absolute atomic E-state index is 12.4. The summed E-state index contributed by atoms with van der Waals surface area (Å²) in [6, 6.07) is 17.0. The summed E-state index contributed by atoms with van der Waals surface area (Å²) in [6.07, 6.45) is 6.11. The fourth-order valence-electron chi connectivity index (χ4n) is 3.13. The highest BCUT2D eigenvalue weighted by Gasteiger charge is 2.17. The van der Waals surface area contributed by atoms with E-state index in [4.69, 9.17) is 4.74 Å². The lowest BCUT2D eigenvalue weighted by Crippen LogP contribution is -2.54. The maximum Gasteiger partial charge on any atom is 0.271 e. The highest BCUT2D eigenvalue weighted by atomic mass is 16.5. The van der Waals surface area contributed by atoms with Crippen LogP contribution in [0.25, 0.3) is 0 Å². The van der Waals surface area contributed by atoms with Crippen molar-refractivity contribution in [1.82, 2.24) is 16.0 Å². The van der Waals surface area contributed by atoms with Gasteiger partial charge in [-0.2, -0.15) is 5.12 Å². The van der Waals surface area contributed by atoms with Crippen LogP contribution in [0, 0.1) is 0 Å². The van der Waals surface area contributed by atoms with Gasteiger partial charge < -0.3 is 4.74 Å². The van der Waals surface area contributed by atoms with Crippen LogP contribution in [0.15, 0.2) is 54.6 Å². The molecule has 0 unspecified atom stereocenters. The predicted molar refractivity (Wildman–Crippen MR) is 103 cm³/mol. The van der Waals surface area contributed by atoms with Crippen LogP contribution in [0.4, 0.5) is 0 Å². The van der Waals surface area contributed by atoms with Crippen LogP contribution in [-0.2, 0) is 11.4 Å². The van der Waals surface area contributed by atoms with E-state index in [1.54, 1.807) is 24.3 Å². The standard InChI is InChI=1S/C21H25N3O3/c25-16-24(22-19-9-5-2-6-10-19)23-21(26)18-11-13-20(14-12-18)27-15-17-7-3-1-4-8-17/h1,3-4,7-8,11-14,16,19,22H,2,5-6,9-10,15H2,(H,23,26). The molecular weight excluding hydrogens is 342 g/mol. The van der Waals surface area contributed by atoms with E-state index in [1.807, 2.05) is 30.3 Å². The van der Waals surface area contributed by atoms with Crippen molar-refractivity contribution in [3.8, 4) is 5.75 Å². The van der Waals surface area contributed by atoms with Gasteiger partial charge in [0.1, 0.15) is 12.4 Å². The Kier molecular flexibility index (Phi) is 6.82. The Morgan fingerprint density at radius 1 is 1.04 bits per heavy atom. The molecule has 6 heteroatoms. The van der Waals surface area contributed by atoms with E-state index in [0.717, 1.165) is 36.4 Å². The Morgan fingerprint density at radius 2 is 1.74 bits per heavy atom. The first kappa shape index (κ1) is 18.9. The zero-order valence-corrected chi connectivity index (χ0v) is 15.3. The van der Waals surface area contributed by atoms with Crippen molar-refractivity contribution in [3.63, 3.8) is 0 Å². The monoisotopic (exact) mass is 367 g/mol. The van der Waals surface area contributed by atoms with Gasteiger partial charge in [0, 0.05) is 11.6 Å². The molecule has 2 amide bonds. The molecule has 2 aromatic carbocycles. The van der Waals surface area contributed by atoms with Gasteiger partial charge in [0.2, 0.25) is 6.41 Å². The van der Waals surface area contributed by atoms with Gasteiger partial charge in [0.25, 0.3) is 5.91 Å². The first-order valence-electron chi connectivity index (χ1n) is 9.33. The van der Waals surface area contributed by atoms with E-state index < -0.39 is 0 Å². The van der Waals surface area contributed by atoms with Crippen molar-refractivity contribution in [3.05, 3.63) is 65.7 Å². The molecule has 2 N–H and O–H groups in total. The second kappa shape index (κ2) is 9.73. The smallest absolute Gasteiger partial charge is 0.271 e. The number of carbonyl (C=O) groups excluding carboxylic acids is 2. The van der Waals surface area contributed by atoms with Crippen LogP contribution >= 0.6 is 0 Å². The van der Waals surface area contributed by atoms with Gasteiger partial charge in [-0.3, -0.25) is 9.59 Å². The van der Waals surface area contributed by atoms with E-state index in [2.05, 4.69) is 10.9 Å². The molecule has 2 aromatic rings. The number of nitrogens with one attached hydrogen (secondary N) is 2. The van der Waals surface area contributed by atoms with Crippen molar-refractivity contribution < 1.29 is 14.3 Å². The minimum atomic E-state index is -0.347. The molecule has 6 nitrogen and oxygen atoms in total. The number of hydrogen-bond donors (Lipinski definition) is 2. The minimum Gasteiger partial charge on any atom is -0.489 e. The van der Waals surface area contributed by atoms with E-state index >= 15 is 0 Å². The lowest BCUT2D eigenvalue weighted by Gasteiger charge is -2.28. The Labute approximate surface area is 159 Å². The van der Waals surface area contributed by atoms with E-state index in [9.17, 15) is 9.59 Å². The van der Waals surface area contributed by atoms with Crippen LogP contribution < -0.4 is 15.6 Å². The largest absolute Gasteiger partial charge is 0.489 e. The zero-order chi connectivity index (χ0) is 18.9. The first-order chi connectivity index (χ1) is 13.2. The Hall–Kier alpha value is -2.86. The maximum atomic E-state index is 12.4. The third-order valence-electron chi connectivity index (χ3n) is 4.62. The van der Waals surface area contributed by atoms with Crippen molar-refractivity contribution in [2.24, 2.45) is 0 Å². The Balaban J connectivity index is 1.50. The molecule has 27 heavy (non-hydrogen) atoms. The highest BCUT2D eigenvalue weighted by Crippen LogP contribution is 2.17. The molecule has 1 aliphatic carbocycles. The van der Waals surface area contributed by atoms with Crippen molar-refractivity contribution in [2.75, 3.05) is 0 Å². The molecule has 0 aliphatic heterocycles. The molecule has 0 radical (unpaired) electrons. The number of amides is 2. The van der Waals surface area contributed by atoms with Crippen LogP contribution in [0.1, 0.15) is 48.0 Å². The molecule has 142 valence electrons. The molecule has 1 aliphatic rings. The normalized spacial score (nSPS) is 14.4. The summed E-state index contributed by atoms with van der Waals surface area (Å²) >= 11 is 0. The summed E-state index contributed by atoms with van der Waals surface area (Å²) in [5, 5.41) is 1.12. The molecule has 1 saturated carbocycles. The molecule has 1 fully saturated rings. The summed E-state index contributed by atoms with van der Waals surface area (Å²) < 4.78 is 5.72. The first-order valence-corrected chi connectivity index (χ1v) is 9.33. The third kappa shape index (κ3) is 5.82. The lowest BCUT2D eigenvalue weighted by molar-refractivity contribution is -0.124. The fourth-order valence-corrected chi connectivity index (χ4v) is 3.13. The van der Waals surface area contributed by atoms with Crippen LogP contribution in [0.3, 0.4) is 0 Å². The van der Waals surface area contributed by atoms with E-state index in [1.165, 1.54) is 6.42 Å². The quantitative estimate of drug-likeness (QED) is 0.555. The highest BCUT2D eigenvalue weighted by molar-refractivity contribution is 5.94. The van der Waals surface area contributed by atoms with Crippen LogP contribution in [0.2, 0.25) is 0 Å². The van der Waals surface area contributed by atoms with Crippen molar-refractivity contribution >= 4 is 12.3 Å². The van der Waals surface area contributed by atoms with Gasteiger partial charge in [-0.25, -0.2) is 10.9 Å². The van der Waals surface area contributed by atoms with Gasteiger partial charge in [-0.1, -0.05) is 49.6 Å². The molecule has 0 heterocycles. The van der Waals surface area contributed by atoms with Gasteiger partial charge in [-0.15, -0.1) is 0 Å². The minimum absolute atomic E-state index is 0.220. The summed E-state index contributed by atoms with van der Waals surface area (Å²) in [7, 11) is 0. The number of hydrazine groups is 2. The summed E-state index contributed by atoms with van der Waals surface area (Å²) in [6.45, 7) is 0.469. The van der Waals surface area contributed by atoms with Crippen molar-refractivity contribution in [1.29, 1.82) is 0 Å². The average Bonchev–Trinajstić information content (AvgIpc) is 2.73. The lowest BCUT2D eigenvalue weighted by atomic mass is 9.96. The van der Waals surface area contributed by atoms with E-state index in [0.29, 0.717) is 24.3 Å². The summed E-state index contributed by atoms with van der Waals surface area (Å²) in [4.78, 5) is 23.6. The molecule has 0 atom stereocenters. The number of nitrogens with zero attached hydrogens (tertiary/aromatic N) is 1. The molecule has 0 spiro atoms. The SMILES string of the molecule is O=CN(NC(=O)c1ccc(OCc2ccccc2)cc1)NC1CCCCC1. The predicted octanol–water partition coefficient (Wildman–Crippen LogP) is 3.21. The van der Waals surface area contributed by atoms with Gasteiger partial charge in [0.15, 0.2) is 0 Å². The van der Waals surface area contributed by atoms with E-state index in [-0.39, 0.29) is 11.9 Å². The van der Waals surface area contributed by atoms with Gasteiger partial charge in [0.05, 0.1) is 0 Å². The second-order valence-corrected chi connectivity index (χ2v) is 6.68. The second-order valence-electron chi connectivity index (χ2n) is 6.68. The van der Waals surface area contributed by atoms with Crippen LogP contribution in [0.5, 0.6) is 5.75 Å². The fraction of sp³-hybridized carbons (Fsp3) is 0.333. The Bertz CT molecular complexity index is 728. The number of carbonyl (C=O) groups is 2. The molecular formula is C21H25N3O3. The topological polar surface area (TPSA) is 70.7 Å². The summed E-state index contributed by atoms with van der Waals surface area (Å²) in [5.41, 5.74) is 7.18. The Morgan fingerprint density at radius 3 is 2.41 bits per heavy atom. The molecule has 0 aromatic heterocycles. The number of hydrogen-bond acceptors (Lipinski definition) is 4. The van der Waals surface area contributed by atoms with Crippen molar-refractivity contribution in [2.45, 2.75) is 44.8 Å². The number of rotatable bonds is 8. The molecule has 0 saturated heterocycles. The number of benzene rings is 2.